The van der Waals surface area contributed by atoms with Crippen molar-refractivity contribution in [2.75, 3.05) is 24.1 Å². The summed E-state index contributed by atoms with van der Waals surface area (Å²) < 4.78 is 51.6. The SMILES string of the molecule is C[C@@H](c1ccc(NS(C)(=O)=O)cc1)N1CC[C@](CCO[Si](C)(C)C(C)(C)C)(c2ccc(F)cc2)OC1=O. The van der Waals surface area contributed by atoms with Crippen molar-refractivity contribution < 1.29 is 26.8 Å². The highest BCUT2D eigenvalue weighted by atomic mass is 32.2. The van der Waals surface area contributed by atoms with E-state index in [0.717, 1.165) is 17.4 Å². The van der Waals surface area contributed by atoms with Gasteiger partial charge in [-0.2, -0.15) is 0 Å². The molecule has 1 aliphatic rings. The molecule has 1 amide bonds. The van der Waals surface area contributed by atoms with Crippen molar-refractivity contribution in [1.82, 2.24) is 4.90 Å². The largest absolute Gasteiger partial charge is 0.438 e. The fourth-order valence-corrected chi connectivity index (χ4v) is 5.82. The molecule has 1 heterocycles. The van der Waals surface area contributed by atoms with E-state index in [1.165, 1.54) is 12.1 Å². The maximum Gasteiger partial charge on any atom is 0.411 e. The molecule has 0 aromatic heterocycles. The number of halogens is 1. The van der Waals surface area contributed by atoms with Crippen molar-refractivity contribution in [3.63, 3.8) is 0 Å². The van der Waals surface area contributed by atoms with E-state index in [1.807, 2.05) is 6.92 Å². The van der Waals surface area contributed by atoms with Gasteiger partial charge in [-0.25, -0.2) is 17.6 Å². The summed E-state index contributed by atoms with van der Waals surface area (Å²) >= 11 is 0. The first-order chi connectivity index (χ1) is 17.0. The highest BCUT2D eigenvalue weighted by Crippen LogP contribution is 2.41. The van der Waals surface area contributed by atoms with Gasteiger partial charge in [0.25, 0.3) is 0 Å². The van der Waals surface area contributed by atoms with Crippen LogP contribution >= 0.6 is 0 Å². The number of nitrogens with zero attached hydrogens (tertiary/aromatic N) is 1. The van der Waals surface area contributed by atoms with Crippen molar-refractivity contribution in [2.45, 2.75) is 70.3 Å². The number of ether oxygens (including phenoxy) is 1. The summed E-state index contributed by atoms with van der Waals surface area (Å²) in [6, 6.07) is 12.8. The molecule has 2 atom stereocenters. The second-order valence-corrected chi connectivity index (χ2v) is 17.9. The van der Waals surface area contributed by atoms with Crippen LogP contribution in [0.2, 0.25) is 18.1 Å². The third kappa shape index (κ3) is 7.11. The number of amides is 1. The van der Waals surface area contributed by atoms with Crippen LogP contribution in [0, 0.1) is 5.82 Å². The average molecular weight is 551 g/mol. The molecule has 10 heteroatoms. The van der Waals surface area contributed by atoms with Crippen LogP contribution in [0.1, 0.15) is 57.7 Å². The van der Waals surface area contributed by atoms with Crippen molar-refractivity contribution in [3.8, 4) is 0 Å². The molecule has 0 spiro atoms. The Labute approximate surface area is 221 Å². The zero-order valence-electron chi connectivity index (χ0n) is 22.8. The zero-order valence-corrected chi connectivity index (χ0v) is 24.6. The lowest BCUT2D eigenvalue weighted by molar-refractivity contribution is -0.0711. The minimum atomic E-state index is -3.37. The molecule has 0 bridgehead atoms. The van der Waals surface area contributed by atoms with Gasteiger partial charge in [-0.1, -0.05) is 45.0 Å². The molecule has 37 heavy (non-hydrogen) atoms. The molecule has 7 nitrogen and oxygen atoms in total. The summed E-state index contributed by atoms with van der Waals surface area (Å²) in [6.07, 6.45) is 1.65. The molecule has 0 saturated carbocycles. The maximum absolute atomic E-state index is 13.7. The Morgan fingerprint density at radius 3 is 2.24 bits per heavy atom. The average Bonchev–Trinajstić information content (AvgIpc) is 2.78. The number of benzene rings is 2. The Kier molecular flexibility index (Phi) is 8.46. The van der Waals surface area contributed by atoms with Crippen molar-refractivity contribution in [3.05, 3.63) is 65.5 Å². The lowest BCUT2D eigenvalue weighted by atomic mass is 9.85. The molecule has 0 unspecified atom stereocenters. The van der Waals surface area contributed by atoms with E-state index in [2.05, 4.69) is 38.6 Å². The molecule has 1 fully saturated rings. The Morgan fingerprint density at radius 2 is 1.73 bits per heavy atom. The van der Waals surface area contributed by atoms with E-state index in [4.69, 9.17) is 9.16 Å². The Morgan fingerprint density at radius 1 is 1.14 bits per heavy atom. The summed E-state index contributed by atoms with van der Waals surface area (Å²) in [4.78, 5) is 15.0. The first kappa shape index (κ1) is 29.1. The van der Waals surface area contributed by atoms with Crippen LogP contribution < -0.4 is 4.72 Å². The van der Waals surface area contributed by atoms with Gasteiger partial charge in [-0.3, -0.25) is 4.72 Å². The van der Waals surface area contributed by atoms with Crippen LogP contribution in [0.25, 0.3) is 0 Å². The van der Waals surface area contributed by atoms with Crippen molar-refractivity contribution in [2.24, 2.45) is 0 Å². The normalized spacial score (nSPS) is 19.9. The maximum atomic E-state index is 13.7. The molecular formula is C27H39FN2O5SSi. The fourth-order valence-electron chi connectivity index (χ4n) is 4.21. The van der Waals surface area contributed by atoms with Gasteiger partial charge in [-0.15, -0.1) is 0 Å². The van der Waals surface area contributed by atoms with Crippen LogP contribution in [0.4, 0.5) is 14.9 Å². The van der Waals surface area contributed by atoms with E-state index in [1.54, 1.807) is 41.3 Å². The topological polar surface area (TPSA) is 84.9 Å². The summed E-state index contributed by atoms with van der Waals surface area (Å²) in [6.45, 7) is 13.7. The lowest BCUT2D eigenvalue weighted by Crippen LogP contribution is -2.50. The first-order valence-corrected chi connectivity index (χ1v) is 17.3. The standard InChI is InChI=1S/C27H39FN2O5SSi/c1-20(21-8-14-24(15-9-21)29-36(5,32)33)30-18-16-27(35-25(30)31,22-10-12-23(28)13-11-22)17-19-34-37(6,7)26(2,3)4/h8-15,20,29H,16-19H2,1-7H3/t20-,27-/m0/s1. The van der Waals surface area contributed by atoms with Crippen LogP contribution in [0.3, 0.4) is 0 Å². The Balaban J connectivity index is 1.78. The molecular weight excluding hydrogens is 511 g/mol. The van der Waals surface area contributed by atoms with Crippen molar-refractivity contribution in [1.29, 1.82) is 0 Å². The highest BCUT2D eigenvalue weighted by Gasteiger charge is 2.44. The monoisotopic (exact) mass is 550 g/mol. The molecule has 2 aromatic rings. The summed E-state index contributed by atoms with van der Waals surface area (Å²) in [5.74, 6) is -0.345. The third-order valence-corrected chi connectivity index (χ3v) is 12.7. The Bertz CT molecular complexity index is 1200. The number of carbonyl (C=O) groups excluding carboxylic acids is 1. The van der Waals surface area contributed by atoms with Gasteiger partial charge in [0.2, 0.25) is 10.0 Å². The molecule has 1 N–H and O–H groups in total. The van der Waals surface area contributed by atoms with Crippen LogP contribution in [0.15, 0.2) is 48.5 Å². The third-order valence-electron chi connectivity index (χ3n) is 7.58. The second-order valence-electron chi connectivity index (χ2n) is 11.3. The fraction of sp³-hybridized carbons (Fsp3) is 0.519. The number of nitrogens with one attached hydrogen (secondary N) is 1. The van der Waals surface area contributed by atoms with Gasteiger partial charge in [0, 0.05) is 31.7 Å². The van der Waals surface area contributed by atoms with E-state index in [-0.39, 0.29) is 16.9 Å². The molecule has 1 aliphatic heterocycles. The van der Waals surface area contributed by atoms with E-state index >= 15 is 0 Å². The van der Waals surface area contributed by atoms with Gasteiger partial charge in [0.05, 0.1) is 12.3 Å². The first-order valence-electron chi connectivity index (χ1n) is 12.5. The zero-order chi connectivity index (χ0) is 27.6. The number of sulfonamides is 1. The number of cyclic esters (lactones) is 1. The number of hydrogen-bond donors (Lipinski definition) is 1. The molecule has 0 radical (unpaired) electrons. The number of rotatable bonds is 9. The predicted molar refractivity (Wildman–Crippen MR) is 147 cm³/mol. The highest BCUT2D eigenvalue weighted by molar-refractivity contribution is 7.92. The molecule has 2 aromatic carbocycles. The van der Waals surface area contributed by atoms with Crippen LogP contribution in [-0.2, 0) is 24.8 Å². The van der Waals surface area contributed by atoms with Gasteiger partial charge in [-0.05, 0) is 60.4 Å². The minimum Gasteiger partial charge on any atom is -0.438 e. The van der Waals surface area contributed by atoms with Crippen molar-refractivity contribution >= 4 is 30.1 Å². The number of hydrogen-bond acceptors (Lipinski definition) is 5. The van der Waals surface area contributed by atoms with Crippen LogP contribution in [0.5, 0.6) is 0 Å². The van der Waals surface area contributed by atoms with E-state index in [9.17, 15) is 17.6 Å². The van der Waals surface area contributed by atoms with Gasteiger partial charge >= 0.3 is 6.09 Å². The summed E-state index contributed by atoms with van der Waals surface area (Å²) in [5.41, 5.74) is 1.15. The van der Waals surface area contributed by atoms with Crippen LogP contribution in [-0.4, -0.2) is 47.1 Å². The Hall–Kier alpha value is -2.43. The summed E-state index contributed by atoms with van der Waals surface area (Å²) in [7, 11) is -5.37. The molecule has 1 saturated heterocycles. The smallest absolute Gasteiger partial charge is 0.411 e. The minimum absolute atomic E-state index is 0.0535. The second kappa shape index (κ2) is 10.7. The molecule has 204 valence electrons. The summed E-state index contributed by atoms with van der Waals surface area (Å²) in [5, 5.41) is 0.0535. The van der Waals surface area contributed by atoms with Gasteiger partial charge in [0.1, 0.15) is 11.4 Å². The van der Waals surface area contributed by atoms with E-state index in [0.29, 0.717) is 31.7 Å². The molecule has 0 aliphatic carbocycles. The quantitative estimate of drug-likeness (QED) is 0.365. The van der Waals surface area contributed by atoms with E-state index < -0.39 is 30.0 Å². The predicted octanol–water partition coefficient (Wildman–Crippen LogP) is 6.41. The lowest BCUT2D eigenvalue weighted by Gasteiger charge is -2.44. The molecule has 3 rings (SSSR count). The van der Waals surface area contributed by atoms with Gasteiger partial charge in [0.15, 0.2) is 8.32 Å². The van der Waals surface area contributed by atoms with Gasteiger partial charge < -0.3 is 14.1 Å². The number of anilines is 1. The number of carbonyl (C=O) groups is 1.